The molecule has 0 atom stereocenters. The van der Waals surface area contributed by atoms with Gasteiger partial charge >= 0.3 is 0 Å². The first kappa shape index (κ1) is 22.3. The number of hydrogen-bond donors (Lipinski definition) is 0. The van der Waals surface area contributed by atoms with Gasteiger partial charge in [0.05, 0.1) is 11.4 Å². The molecule has 1 aromatic rings. The molecule has 0 N–H and O–H groups in total. The molecule has 0 saturated carbocycles. The van der Waals surface area contributed by atoms with Gasteiger partial charge in [-0.05, 0) is 30.9 Å². The summed E-state index contributed by atoms with van der Waals surface area (Å²) in [5.74, 6) is 0.270. The molecule has 0 heterocycles. The van der Waals surface area contributed by atoms with Crippen LogP contribution in [0.2, 0.25) is 0 Å². The highest BCUT2D eigenvalue weighted by atomic mass is 32.2. The zero-order valence-corrected chi connectivity index (χ0v) is 17.3. The fraction of sp³-hybridized carbons (Fsp3) is 0.579. The number of sulfonamides is 1. The molecule has 0 aliphatic rings. The predicted octanol–water partition coefficient (Wildman–Crippen LogP) is 2.65. The summed E-state index contributed by atoms with van der Waals surface area (Å²) in [5.41, 5.74) is 0.447. The van der Waals surface area contributed by atoms with E-state index < -0.39 is 10.0 Å². The van der Waals surface area contributed by atoms with Gasteiger partial charge in [0.2, 0.25) is 15.9 Å². The second-order valence-corrected chi connectivity index (χ2v) is 9.47. The minimum Gasteiger partial charge on any atom is -0.341 e. The van der Waals surface area contributed by atoms with Crippen LogP contribution in [0.1, 0.15) is 45.0 Å². The number of Topliss-reactive ketones (excluding diaryl/α,β-unsaturated/α-hetero) is 1. The van der Waals surface area contributed by atoms with Crippen LogP contribution in [-0.4, -0.2) is 56.0 Å². The standard InChI is InChI=1S/C19H30N2O4S/c1-14(2)11-21(12-15(3)4)19(23)13-20(6)26(24,25)18-9-7-17(8-10-18)16(5)22/h7-10,14-15H,11-13H2,1-6H3. The normalized spacial score (nSPS) is 12.0. The summed E-state index contributed by atoms with van der Waals surface area (Å²) in [6.07, 6.45) is 0. The van der Waals surface area contributed by atoms with Crippen LogP contribution < -0.4 is 0 Å². The first-order valence-electron chi connectivity index (χ1n) is 8.80. The third-order valence-electron chi connectivity index (χ3n) is 3.85. The van der Waals surface area contributed by atoms with Crippen molar-refractivity contribution in [3.8, 4) is 0 Å². The van der Waals surface area contributed by atoms with Crippen LogP contribution in [0, 0.1) is 11.8 Å². The van der Waals surface area contributed by atoms with Crippen molar-refractivity contribution < 1.29 is 18.0 Å². The molecule has 0 aliphatic heterocycles. The number of ketones is 1. The predicted molar refractivity (Wildman–Crippen MR) is 103 cm³/mol. The molecule has 6 nitrogen and oxygen atoms in total. The van der Waals surface area contributed by atoms with Gasteiger partial charge in [0.1, 0.15) is 0 Å². The summed E-state index contributed by atoms with van der Waals surface area (Å²) >= 11 is 0. The third-order valence-corrected chi connectivity index (χ3v) is 5.67. The molecule has 0 saturated heterocycles. The quantitative estimate of drug-likeness (QED) is 0.615. The topological polar surface area (TPSA) is 74.8 Å². The van der Waals surface area contributed by atoms with E-state index in [1.807, 2.05) is 27.7 Å². The Kier molecular flexibility index (Phi) is 7.96. The number of amides is 1. The lowest BCUT2D eigenvalue weighted by atomic mass is 10.1. The lowest BCUT2D eigenvalue weighted by Crippen LogP contribution is -2.44. The molecule has 0 bridgehead atoms. The van der Waals surface area contributed by atoms with Crippen LogP contribution in [0.15, 0.2) is 29.2 Å². The van der Waals surface area contributed by atoms with Crippen LogP contribution in [0.4, 0.5) is 0 Å². The number of carbonyl (C=O) groups excluding carboxylic acids is 2. The van der Waals surface area contributed by atoms with E-state index >= 15 is 0 Å². The molecule has 0 aliphatic carbocycles. The molecule has 1 amide bonds. The first-order valence-corrected chi connectivity index (χ1v) is 10.2. The van der Waals surface area contributed by atoms with Crippen LogP contribution in [0.25, 0.3) is 0 Å². The van der Waals surface area contributed by atoms with Gasteiger partial charge in [-0.15, -0.1) is 0 Å². The highest BCUT2D eigenvalue weighted by molar-refractivity contribution is 7.89. The highest BCUT2D eigenvalue weighted by Gasteiger charge is 2.26. The SMILES string of the molecule is CC(=O)c1ccc(S(=O)(=O)N(C)CC(=O)N(CC(C)C)CC(C)C)cc1. The minimum atomic E-state index is -3.79. The van der Waals surface area contributed by atoms with Gasteiger partial charge in [-0.3, -0.25) is 9.59 Å². The zero-order chi connectivity index (χ0) is 20.1. The molecule has 0 unspecified atom stereocenters. The van der Waals surface area contributed by atoms with Crippen LogP contribution in [0.5, 0.6) is 0 Å². The van der Waals surface area contributed by atoms with E-state index in [0.717, 1.165) is 4.31 Å². The molecule has 0 spiro atoms. The Morgan fingerprint density at radius 3 is 1.81 bits per heavy atom. The van der Waals surface area contributed by atoms with Crippen molar-refractivity contribution in [1.82, 2.24) is 9.21 Å². The maximum atomic E-state index is 12.7. The second-order valence-electron chi connectivity index (χ2n) is 7.43. The first-order chi connectivity index (χ1) is 11.9. The largest absolute Gasteiger partial charge is 0.341 e. The Morgan fingerprint density at radius 1 is 0.962 bits per heavy atom. The lowest BCUT2D eigenvalue weighted by molar-refractivity contribution is -0.132. The van der Waals surface area contributed by atoms with E-state index in [0.29, 0.717) is 30.5 Å². The van der Waals surface area contributed by atoms with Gasteiger partial charge in [0, 0.05) is 25.7 Å². The number of rotatable bonds is 9. The van der Waals surface area contributed by atoms with Crippen molar-refractivity contribution in [3.05, 3.63) is 29.8 Å². The maximum absolute atomic E-state index is 12.7. The van der Waals surface area contributed by atoms with Crippen molar-refractivity contribution in [2.75, 3.05) is 26.7 Å². The van der Waals surface area contributed by atoms with Crippen molar-refractivity contribution in [2.24, 2.45) is 11.8 Å². The van der Waals surface area contributed by atoms with Gasteiger partial charge in [0.25, 0.3) is 0 Å². The van der Waals surface area contributed by atoms with Crippen LogP contribution in [0.3, 0.4) is 0 Å². The average Bonchev–Trinajstić information content (AvgIpc) is 2.53. The summed E-state index contributed by atoms with van der Waals surface area (Å²) in [4.78, 5) is 25.7. The van der Waals surface area contributed by atoms with E-state index in [2.05, 4.69) is 0 Å². The van der Waals surface area contributed by atoms with Gasteiger partial charge < -0.3 is 4.90 Å². The molecule has 0 fully saturated rings. The van der Waals surface area contributed by atoms with Gasteiger partial charge in [-0.25, -0.2) is 8.42 Å². The molecule has 1 aromatic carbocycles. The van der Waals surface area contributed by atoms with Crippen LogP contribution in [-0.2, 0) is 14.8 Å². The third kappa shape index (κ3) is 6.21. The van der Waals surface area contributed by atoms with E-state index in [-0.39, 0.29) is 23.1 Å². The zero-order valence-electron chi connectivity index (χ0n) is 16.5. The van der Waals surface area contributed by atoms with Crippen molar-refractivity contribution in [3.63, 3.8) is 0 Å². The highest BCUT2D eigenvalue weighted by Crippen LogP contribution is 2.16. The fourth-order valence-electron chi connectivity index (χ4n) is 2.58. The van der Waals surface area contributed by atoms with E-state index in [4.69, 9.17) is 0 Å². The average molecular weight is 383 g/mol. The Labute approximate surface area is 157 Å². The van der Waals surface area contributed by atoms with Gasteiger partial charge in [-0.1, -0.05) is 39.8 Å². The lowest BCUT2D eigenvalue weighted by Gasteiger charge is -2.28. The number of benzene rings is 1. The molecule has 1 rings (SSSR count). The maximum Gasteiger partial charge on any atom is 0.243 e. The van der Waals surface area contributed by atoms with Crippen molar-refractivity contribution >= 4 is 21.7 Å². The molecular formula is C19H30N2O4S. The summed E-state index contributed by atoms with van der Waals surface area (Å²) < 4.78 is 26.4. The number of carbonyl (C=O) groups is 2. The summed E-state index contributed by atoms with van der Waals surface area (Å²) in [6, 6.07) is 5.75. The number of nitrogens with zero attached hydrogens (tertiary/aromatic N) is 2. The monoisotopic (exact) mass is 382 g/mol. The summed E-state index contributed by atoms with van der Waals surface area (Å²) in [6.45, 7) is 10.5. The summed E-state index contributed by atoms with van der Waals surface area (Å²) in [5, 5.41) is 0. The molecular weight excluding hydrogens is 352 g/mol. The summed E-state index contributed by atoms with van der Waals surface area (Å²) in [7, 11) is -2.39. The Bertz CT molecular complexity index is 714. The molecule has 26 heavy (non-hydrogen) atoms. The van der Waals surface area contributed by atoms with E-state index in [1.165, 1.54) is 38.2 Å². The second kappa shape index (κ2) is 9.28. The molecule has 0 radical (unpaired) electrons. The fourth-order valence-corrected chi connectivity index (χ4v) is 3.70. The Hall–Kier alpha value is -1.73. The van der Waals surface area contributed by atoms with Gasteiger partial charge in [0.15, 0.2) is 5.78 Å². The molecule has 0 aromatic heterocycles. The van der Waals surface area contributed by atoms with E-state index in [9.17, 15) is 18.0 Å². The molecule has 7 heteroatoms. The van der Waals surface area contributed by atoms with Gasteiger partial charge in [-0.2, -0.15) is 4.31 Å². The number of hydrogen-bond acceptors (Lipinski definition) is 4. The molecule has 146 valence electrons. The Morgan fingerprint density at radius 2 is 1.42 bits per heavy atom. The smallest absolute Gasteiger partial charge is 0.243 e. The minimum absolute atomic E-state index is 0.0667. The van der Waals surface area contributed by atoms with Crippen molar-refractivity contribution in [2.45, 2.75) is 39.5 Å². The Balaban J connectivity index is 2.93. The number of likely N-dealkylation sites (N-methyl/N-ethyl adjacent to an activating group) is 1. The van der Waals surface area contributed by atoms with E-state index in [1.54, 1.807) is 4.90 Å². The van der Waals surface area contributed by atoms with Crippen molar-refractivity contribution in [1.29, 1.82) is 0 Å². The van der Waals surface area contributed by atoms with Crippen LogP contribution >= 0.6 is 0 Å².